The minimum Gasteiger partial charge on any atom is -0.462 e. The second-order valence-electron chi connectivity index (χ2n) is 11.6. The van der Waals surface area contributed by atoms with Crippen molar-refractivity contribution in [2.24, 2.45) is 0 Å². The summed E-state index contributed by atoms with van der Waals surface area (Å²) in [6, 6.07) is 7.71. The molecular weight excluding hydrogens is 906 g/mol. The van der Waals surface area contributed by atoms with Crippen molar-refractivity contribution < 1.29 is 124 Å². The lowest BCUT2D eigenvalue weighted by atomic mass is 9.93. The van der Waals surface area contributed by atoms with Gasteiger partial charge < -0.3 is 4.74 Å². The Kier molecular flexibility index (Phi) is 13.5. The molecule has 0 aromatic heterocycles. The predicted molar refractivity (Wildman–Crippen MR) is 144 cm³/mol. The van der Waals surface area contributed by atoms with Crippen LogP contribution in [0.5, 0.6) is 0 Å². The van der Waals surface area contributed by atoms with Crippen LogP contribution in [0.15, 0.2) is 53.4 Å². The first-order chi connectivity index (χ1) is 25.5. The molecule has 0 radical (unpaired) electrons. The van der Waals surface area contributed by atoms with Crippen molar-refractivity contribution >= 4 is 17.7 Å². The Labute approximate surface area is 308 Å². The first-order valence-electron chi connectivity index (χ1n) is 14.5. The molecule has 0 atom stereocenters. The van der Waals surface area contributed by atoms with Gasteiger partial charge in [-0.25, -0.2) is 4.79 Å². The summed E-state index contributed by atoms with van der Waals surface area (Å²) in [4.78, 5) is 11.9. The van der Waals surface area contributed by atoms with Crippen molar-refractivity contribution in [1.82, 2.24) is 0 Å². The maximum absolute atomic E-state index is 14.0. The van der Waals surface area contributed by atoms with Crippen LogP contribution in [0.3, 0.4) is 0 Å². The molecule has 58 heavy (non-hydrogen) atoms. The van der Waals surface area contributed by atoms with E-state index in [2.05, 4.69) is 4.74 Å². The van der Waals surface area contributed by atoms with E-state index < -0.39 is 108 Å². The molecule has 0 saturated carbocycles. The quantitative estimate of drug-likeness (QED) is 0.0898. The lowest BCUT2D eigenvalue weighted by Gasteiger charge is -2.39. The number of carbonyl (C=O) groups is 1. The molecule has 2 aromatic rings. The van der Waals surface area contributed by atoms with Crippen molar-refractivity contribution in [3.63, 3.8) is 0 Å². The van der Waals surface area contributed by atoms with Gasteiger partial charge in [0.05, 0.1) is 18.6 Å². The number of rotatable bonds is 17. The van der Waals surface area contributed by atoms with Gasteiger partial charge in [-0.1, -0.05) is 24.3 Å². The number of halogens is 26. The van der Waals surface area contributed by atoms with E-state index in [0.717, 1.165) is 48.5 Å². The number of hydrogen-bond acceptors (Lipinski definition) is 3. The van der Waals surface area contributed by atoms with Crippen LogP contribution < -0.4 is 0 Å². The van der Waals surface area contributed by atoms with Crippen LogP contribution >= 0.6 is 11.8 Å². The molecule has 2 aromatic carbocycles. The molecule has 0 amide bonds. The summed E-state index contributed by atoms with van der Waals surface area (Å²) in [6.45, 7) is -2.05. The average molecular weight is 922 g/mol. The van der Waals surface area contributed by atoms with E-state index in [4.69, 9.17) is 0 Å². The molecule has 332 valence electrons. The Bertz CT molecular complexity index is 1730. The molecule has 2 rings (SSSR count). The van der Waals surface area contributed by atoms with Crippen LogP contribution in [-0.4, -0.2) is 89.9 Å². The van der Waals surface area contributed by atoms with Gasteiger partial charge in [-0.15, -0.1) is 11.8 Å². The third kappa shape index (κ3) is 8.41. The molecular formula is C29H16F26O2S. The van der Waals surface area contributed by atoms with Gasteiger partial charge >= 0.3 is 77.5 Å². The lowest BCUT2D eigenvalue weighted by molar-refractivity contribution is -0.440. The van der Waals surface area contributed by atoms with Gasteiger partial charge in [0.25, 0.3) is 0 Å². The zero-order chi connectivity index (χ0) is 45.8. The SMILES string of the molecule is O=C(OCCC(F)(F)C(F)(F)C(F)(F)C(F)(F)C(F)(F)C(F)(F)F)c1ccc(-c2ccc(SCCC(F)(F)C(F)(F)C(F)(F)C(F)(F)C(F)(F)C(F)(F)F)cc2)cc1. The van der Waals surface area contributed by atoms with Crippen LogP contribution in [-0.2, 0) is 4.74 Å². The van der Waals surface area contributed by atoms with Crippen LogP contribution in [0.2, 0.25) is 0 Å². The highest BCUT2D eigenvalue weighted by Crippen LogP contribution is 2.62. The summed E-state index contributed by atoms with van der Waals surface area (Å²) < 4.78 is 348. The molecule has 0 aliphatic rings. The van der Waals surface area contributed by atoms with Crippen LogP contribution in [0.25, 0.3) is 11.1 Å². The minimum absolute atomic E-state index is 0.0723. The lowest BCUT2D eigenvalue weighted by Crippen LogP contribution is -2.70. The van der Waals surface area contributed by atoms with E-state index in [1.165, 1.54) is 0 Å². The number of esters is 1. The normalized spacial score (nSPS) is 15.1. The molecule has 0 unspecified atom stereocenters. The second kappa shape index (κ2) is 15.5. The Hall–Kier alpha value is -3.56. The van der Waals surface area contributed by atoms with Gasteiger partial charge in [0.1, 0.15) is 0 Å². The first kappa shape index (κ1) is 50.6. The van der Waals surface area contributed by atoms with Crippen molar-refractivity contribution in [3.8, 4) is 11.1 Å². The number of benzene rings is 2. The van der Waals surface area contributed by atoms with Gasteiger partial charge in [0.15, 0.2) is 0 Å². The molecule has 0 saturated heterocycles. The third-order valence-corrected chi connectivity index (χ3v) is 8.65. The molecule has 0 heterocycles. The zero-order valence-corrected chi connectivity index (χ0v) is 27.8. The summed E-state index contributed by atoms with van der Waals surface area (Å²) in [5.74, 6) is -79.0. The summed E-state index contributed by atoms with van der Waals surface area (Å²) in [6.07, 6.45) is -20.5. The number of thioether (sulfide) groups is 1. The molecule has 0 N–H and O–H groups in total. The summed E-state index contributed by atoms with van der Waals surface area (Å²) in [5, 5.41) is 0. The number of hydrogen-bond donors (Lipinski definition) is 0. The highest BCUT2D eigenvalue weighted by atomic mass is 32.2. The smallest absolute Gasteiger partial charge is 0.460 e. The van der Waals surface area contributed by atoms with Crippen molar-refractivity contribution in [3.05, 3.63) is 54.1 Å². The Morgan fingerprint density at radius 2 is 0.724 bits per heavy atom. The fourth-order valence-electron chi connectivity index (χ4n) is 4.11. The van der Waals surface area contributed by atoms with Crippen molar-refractivity contribution in [1.29, 1.82) is 0 Å². The maximum Gasteiger partial charge on any atom is 0.460 e. The summed E-state index contributed by atoms with van der Waals surface area (Å²) in [7, 11) is 0. The molecule has 0 aliphatic carbocycles. The van der Waals surface area contributed by atoms with E-state index in [1.54, 1.807) is 0 Å². The largest absolute Gasteiger partial charge is 0.462 e. The molecule has 0 spiro atoms. The molecule has 0 fully saturated rings. The topological polar surface area (TPSA) is 26.3 Å². The summed E-state index contributed by atoms with van der Waals surface area (Å²) in [5.41, 5.74) is -0.483. The maximum atomic E-state index is 14.0. The number of carbonyl (C=O) groups excluding carboxylic acids is 1. The Morgan fingerprint density at radius 3 is 1.07 bits per heavy atom. The van der Waals surface area contributed by atoms with E-state index in [1.807, 2.05) is 0 Å². The van der Waals surface area contributed by atoms with Gasteiger partial charge in [-0.2, -0.15) is 114 Å². The van der Waals surface area contributed by atoms with E-state index in [-0.39, 0.29) is 27.8 Å². The van der Waals surface area contributed by atoms with Gasteiger partial charge in [0.2, 0.25) is 0 Å². The van der Waals surface area contributed by atoms with Crippen LogP contribution in [0.4, 0.5) is 114 Å². The minimum atomic E-state index is -8.13. The predicted octanol–water partition coefficient (Wildman–Crippen LogP) is 12.9. The highest BCUT2D eigenvalue weighted by Gasteiger charge is 2.92. The first-order valence-corrected chi connectivity index (χ1v) is 15.4. The van der Waals surface area contributed by atoms with Crippen LogP contribution in [0, 0.1) is 0 Å². The monoisotopic (exact) mass is 922 g/mol. The molecule has 2 nitrogen and oxygen atoms in total. The van der Waals surface area contributed by atoms with Gasteiger partial charge in [0, 0.05) is 17.1 Å². The molecule has 0 aliphatic heterocycles. The fourth-order valence-corrected chi connectivity index (χ4v) is 5.04. The Balaban J connectivity index is 2.08. The third-order valence-electron chi connectivity index (χ3n) is 7.64. The zero-order valence-electron chi connectivity index (χ0n) is 27.0. The Morgan fingerprint density at radius 1 is 0.414 bits per heavy atom. The highest BCUT2D eigenvalue weighted by molar-refractivity contribution is 7.99. The van der Waals surface area contributed by atoms with Crippen molar-refractivity contribution in [2.45, 2.75) is 89.3 Å². The van der Waals surface area contributed by atoms with E-state index >= 15 is 0 Å². The van der Waals surface area contributed by atoms with E-state index in [9.17, 15) is 119 Å². The fraction of sp³-hybridized carbons (Fsp3) is 0.552. The van der Waals surface area contributed by atoms with Crippen molar-refractivity contribution in [2.75, 3.05) is 12.4 Å². The van der Waals surface area contributed by atoms with Crippen LogP contribution in [0.1, 0.15) is 23.2 Å². The van der Waals surface area contributed by atoms with Gasteiger partial charge in [-0.05, 0) is 35.4 Å². The standard InChI is InChI=1S/C29H16F26O2S/c30-18(31,20(34,35)22(38,39)24(42,43)26(46,47)28(50,51)52)9-11-57-17(56)15-3-1-13(2-4-15)14-5-7-16(8-6-14)58-12-10-19(32,33)21(36,37)23(40,41)25(44,45)27(48,49)29(53,54)55/h1-8H,9-12H2. The van der Waals surface area contributed by atoms with Gasteiger partial charge in [-0.3, -0.25) is 0 Å². The molecule has 29 heteroatoms. The average Bonchev–Trinajstić information content (AvgIpc) is 3.06. The number of alkyl halides is 26. The molecule has 0 bridgehead atoms. The summed E-state index contributed by atoms with van der Waals surface area (Å²) >= 11 is 0.124. The number of ether oxygens (including phenoxy) is 1. The second-order valence-corrected chi connectivity index (χ2v) is 12.8. The van der Waals surface area contributed by atoms with E-state index in [0.29, 0.717) is 0 Å².